The van der Waals surface area contributed by atoms with Crippen LogP contribution in [0.4, 0.5) is 11.4 Å². The fourth-order valence-corrected chi connectivity index (χ4v) is 2.48. The molecule has 1 amide bonds. The summed E-state index contributed by atoms with van der Waals surface area (Å²) in [4.78, 5) is 16.1. The third kappa shape index (κ3) is 3.36. The van der Waals surface area contributed by atoms with E-state index in [2.05, 4.69) is 38.2 Å². The molecule has 0 fully saturated rings. The highest BCUT2D eigenvalue weighted by molar-refractivity contribution is 14.1. The molecule has 98 valence electrons. The van der Waals surface area contributed by atoms with Crippen molar-refractivity contribution in [1.29, 1.82) is 0 Å². The number of pyridine rings is 1. The van der Waals surface area contributed by atoms with Gasteiger partial charge in [-0.1, -0.05) is 11.6 Å². The Morgan fingerprint density at radius 2 is 2.11 bits per heavy atom. The van der Waals surface area contributed by atoms with Crippen LogP contribution in [-0.4, -0.2) is 17.9 Å². The topological polar surface area (TPSA) is 54.0 Å². The van der Waals surface area contributed by atoms with Crippen LogP contribution in [-0.2, 0) is 0 Å². The van der Waals surface area contributed by atoms with E-state index >= 15 is 0 Å². The van der Waals surface area contributed by atoms with Gasteiger partial charge in [-0.25, -0.2) is 0 Å². The van der Waals surface area contributed by atoms with Gasteiger partial charge in [-0.2, -0.15) is 0 Å². The van der Waals surface area contributed by atoms with E-state index in [0.717, 1.165) is 3.57 Å². The van der Waals surface area contributed by atoms with Crippen LogP contribution >= 0.6 is 34.2 Å². The van der Waals surface area contributed by atoms with Crippen molar-refractivity contribution >= 4 is 51.5 Å². The van der Waals surface area contributed by atoms with Crippen LogP contribution in [0.5, 0.6) is 0 Å². The summed E-state index contributed by atoms with van der Waals surface area (Å²) in [6, 6.07) is 7.19. The van der Waals surface area contributed by atoms with Crippen LogP contribution in [0, 0.1) is 3.57 Å². The molecule has 1 aromatic heterocycles. The van der Waals surface area contributed by atoms with Crippen LogP contribution in [0.1, 0.15) is 10.4 Å². The highest BCUT2D eigenvalue weighted by Gasteiger charge is 2.12. The van der Waals surface area contributed by atoms with Crippen LogP contribution in [0.2, 0.25) is 5.02 Å². The van der Waals surface area contributed by atoms with E-state index in [1.165, 1.54) is 6.20 Å². The molecule has 0 radical (unpaired) electrons. The third-order valence-electron chi connectivity index (χ3n) is 2.51. The lowest BCUT2D eigenvalue weighted by Gasteiger charge is -2.10. The zero-order valence-corrected chi connectivity index (χ0v) is 13.0. The monoisotopic (exact) mass is 387 g/mol. The molecule has 4 nitrogen and oxygen atoms in total. The highest BCUT2D eigenvalue weighted by Crippen LogP contribution is 2.25. The lowest BCUT2D eigenvalue weighted by Crippen LogP contribution is -2.14. The lowest BCUT2D eigenvalue weighted by molar-refractivity contribution is 0.102. The number of carbonyl (C=O) groups is 1. The number of nitrogens with zero attached hydrogens (tertiary/aromatic N) is 1. The molecular formula is C13H11ClIN3O. The second-order valence-corrected chi connectivity index (χ2v) is 5.40. The minimum Gasteiger partial charge on any atom is -0.387 e. The molecule has 19 heavy (non-hydrogen) atoms. The van der Waals surface area contributed by atoms with Crippen molar-refractivity contribution in [2.24, 2.45) is 0 Å². The van der Waals surface area contributed by atoms with Crippen LogP contribution in [0.15, 0.2) is 36.7 Å². The summed E-state index contributed by atoms with van der Waals surface area (Å²) in [5, 5.41) is 6.23. The molecule has 0 spiro atoms. The molecule has 2 rings (SSSR count). The van der Waals surface area contributed by atoms with E-state index in [0.29, 0.717) is 22.0 Å². The molecule has 6 heteroatoms. The Bertz CT molecular complexity index is 619. The molecule has 0 saturated heterocycles. The third-order valence-corrected chi connectivity index (χ3v) is 3.50. The Labute approximate surface area is 129 Å². The number of hydrogen-bond acceptors (Lipinski definition) is 3. The SMILES string of the molecule is CNc1ccncc1C(=O)Nc1ccc(I)cc1Cl. The Hall–Kier alpha value is -1.34. The van der Waals surface area contributed by atoms with Crippen molar-refractivity contribution in [3.05, 3.63) is 50.8 Å². The maximum Gasteiger partial charge on any atom is 0.259 e. The number of anilines is 2. The van der Waals surface area contributed by atoms with Gasteiger partial charge in [0.05, 0.1) is 16.3 Å². The Kier molecular flexibility index (Phi) is 4.60. The molecule has 0 unspecified atom stereocenters. The Morgan fingerprint density at radius 3 is 2.79 bits per heavy atom. The Balaban J connectivity index is 2.26. The van der Waals surface area contributed by atoms with E-state index in [1.54, 1.807) is 31.4 Å². The number of benzene rings is 1. The molecule has 2 aromatic rings. The first-order valence-electron chi connectivity index (χ1n) is 5.50. The number of amides is 1. The van der Waals surface area contributed by atoms with Gasteiger partial charge in [0.15, 0.2) is 0 Å². The van der Waals surface area contributed by atoms with Gasteiger partial charge in [0, 0.05) is 28.7 Å². The van der Waals surface area contributed by atoms with Gasteiger partial charge >= 0.3 is 0 Å². The predicted octanol–water partition coefficient (Wildman–Crippen LogP) is 3.63. The number of carbonyl (C=O) groups excluding carboxylic acids is 1. The number of halogens is 2. The van der Waals surface area contributed by atoms with Crippen LogP contribution < -0.4 is 10.6 Å². The molecule has 0 saturated carbocycles. The molecule has 1 heterocycles. The summed E-state index contributed by atoms with van der Waals surface area (Å²) < 4.78 is 1.01. The fourth-order valence-electron chi connectivity index (χ4n) is 1.57. The minimum absolute atomic E-state index is 0.249. The number of aromatic nitrogens is 1. The van der Waals surface area contributed by atoms with E-state index in [4.69, 9.17) is 11.6 Å². The first-order valence-corrected chi connectivity index (χ1v) is 6.95. The number of nitrogens with one attached hydrogen (secondary N) is 2. The molecule has 0 atom stereocenters. The molecule has 0 aliphatic heterocycles. The van der Waals surface area contributed by atoms with Gasteiger partial charge < -0.3 is 10.6 Å². The van der Waals surface area contributed by atoms with Crippen molar-refractivity contribution in [3.63, 3.8) is 0 Å². The summed E-state index contributed by atoms with van der Waals surface area (Å²) in [5.74, 6) is -0.249. The standard InChI is InChI=1S/C13H11ClIN3O/c1-16-11-4-5-17-7-9(11)13(19)18-12-3-2-8(15)6-10(12)14/h2-7H,1H3,(H,16,17)(H,18,19). The Morgan fingerprint density at radius 1 is 1.32 bits per heavy atom. The van der Waals surface area contributed by atoms with Crippen LogP contribution in [0.3, 0.4) is 0 Å². The van der Waals surface area contributed by atoms with E-state index in [9.17, 15) is 4.79 Å². The summed E-state index contributed by atoms with van der Waals surface area (Å²) >= 11 is 8.25. The van der Waals surface area contributed by atoms with Crippen molar-refractivity contribution < 1.29 is 4.79 Å². The predicted molar refractivity (Wildman–Crippen MR) is 85.9 cm³/mol. The van der Waals surface area contributed by atoms with E-state index < -0.39 is 0 Å². The summed E-state index contributed by atoms with van der Waals surface area (Å²) in [6.07, 6.45) is 3.14. The zero-order valence-electron chi connectivity index (χ0n) is 10.1. The van der Waals surface area contributed by atoms with E-state index in [1.807, 2.05) is 6.07 Å². The first kappa shape index (κ1) is 14.1. The quantitative estimate of drug-likeness (QED) is 0.791. The van der Waals surface area contributed by atoms with Gasteiger partial charge in [-0.3, -0.25) is 9.78 Å². The summed E-state index contributed by atoms with van der Waals surface area (Å²) in [7, 11) is 1.75. The normalized spacial score (nSPS) is 10.1. The highest BCUT2D eigenvalue weighted by atomic mass is 127. The molecule has 0 aliphatic carbocycles. The molecule has 1 aromatic carbocycles. The maximum atomic E-state index is 12.2. The summed E-state index contributed by atoms with van der Waals surface area (Å²) in [5.41, 5.74) is 1.77. The molecule has 2 N–H and O–H groups in total. The van der Waals surface area contributed by atoms with Gasteiger partial charge in [-0.05, 0) is 46.9 Å². The average Bonchev–Trinajstić information content (AvgIpc) is 2.41. The number of hydrogen-bond donors (Lipinski definition) is 2. The van der Waals surface area contributed by atoms with Gasteiger partial charge in [0.25, 0.3) is 5.91 Å². The van der Waals surface area contributed by atoms with Gasteiger partial charge in [0.1, 0.15) is 0 Å². The first-order chi connectivity index (χ1) is 9.11. The fraction of sp³-hybridized carbons (Fsp3) is 0.0769. The summed E-state index contributed by atoms with van der Waals surface area (Å²) in [6.45, 7) is 0. The van der Waals surface area contributed by atoms with Gasteiger partial charge in [-0.15, -0.1) is 0 Å². The van der Waals surface area contributed by atoms with E-state index in [-0.39, 0.29) is 5.91 Å². The van der Waals surface area contributed by atoms with Crippen molar-refractivity contribution in [3.8, 4) is 0 Å². The molecular weight excluding hydrogens is 377 g/mol. The minimum atomic E-state index is -0.249. The van der Waals surface area contributed by atoms with Crippen LogP contribution in [0.25, 0.3) is 0 Å². The molecule has 0 aliphatic rings. The number of rotatable bonds is 3. The molecule has 0 bridgehead atoms. The second kappa shape index (κ2) is 6.21. The lowest BCUT2D eigenvalue weighted by atomic mass is 10.2. The average molecular weight is 388 g/mol. The van der Waals surface area contributed by atoms with Gasteiger partial charge in [0.2, 0.25) is 0 Å². The zero-order chi connectivity index (χ0) is 13.8. The van der Waals surface area contributed by atoms with Crippen molar-refractivity contribution in [1.82, 2.24) is 4.98 Å². The maximum absolute atomic E-state index is 12.2. The van der Waals surface area contributed by atoms with Crippen molar-refractivity contribution in [2.75, 3.05) is 17.7 Å². The second-order valence-electron chi connectivity index (χ2n) is 3.75. The van der Waals surface area contributed by atoms with Crippen molar-refractivity contribution in [2.45, 2.75) is 0 Å². The largest absolute Gasteiger partial charge is 0.387 e. The smallest absolute Gasteiger partial charge is 0.259 e.